The van der Waals surface area contributed by atoms with Gasteiger partial charge in [0.25, 0.3) is 0 Å². The number of hydrogen-bond acceptors (Lipinski definition) is 3. The van der Waals surface area contributed by atoms with Crippen LogP contribution in [0.3, 0.4) is 0 Å². The van der Waals surface area contributed by atoms with Gasteiger partial charge in [-0.15, -0.1) is 0 Å². The van der Waals surface area contributed by atoms with E-state index in [1.54, 1.807) is 13.0 Å². The Hall–Kier alpha value is -1.92. The maximum atomic E-state index is 9.43. The van der Waals surface area contributed by atoms with Crippen molar-refractivity contribution in [2.75, 3.05) is 0 Å². The van der Waals surface area contributed by atoms with E-state index >= 15 is 0 Å². The van der Waals surface area contributed by atoms with Crippen LogP contribution in [0, 0.1) is 11.3 Å². The Balaban J connectivity index is 2.78. The predicted molar refractivity (Wildman–Crippen MR) is 57.1 cm³/mol. The molecule has 0 saturated heterocycles. The monoisotopic (exact) mass is 198 g/mol. The summed E-state index contributed by atoms with van der Waals surface area (Å²) in [6.45, 7) is 1.64. The number of aliphatic hydroxyl groups is 1. The third kappa shape index (κ3) is 1.67. The first-order chi connectivity index (χ1) is 7.22. The van der Waals surface area contributed by atoms with E-state index in [0.717, 1.165) is 10.9 Å². The molecule has 0 saturated carbocycles. The minimum Gasteiger partial charge on any atom is -0.387 e. The van der Waals surface area contributed by atoms with Crippen LogP contribution in [0.4, 0.5) is 0 Å². The van der Waals surface area contributed by atoms with Gasteiger partial charge in [0, 0.05) is 5.39 Å². The molecule has 74 valence electrons. The van der Waals surface area contributed by atoms with Gasteiger partial charge < -0.3 is 5.11 Å². The third-order valence-corrected chi connectivity index (χ3v) is 2.28. The highest BCUT2D eigenvalue weighted by atomic mass is 16.3. The lowest BCUT2D eigenvalue weighted by Gasteiger charge is -2.06. The second kappa shape index (κ2) is 3.68. The van der Waals surface area contributed by atoms with Crippen molar-refractivity contribution in [3.8, 4) is 6.07 Å². The second-order valence-electron chi connectivity index (χ2n) is 3.40. The van der Waals surface area contributed by atoms with Crippen LogP contribution in [-0.2, 0) is 0 Å². The third-order valence-electron chi connectivity index (χ3n) is 2.28. The zero-order valence-electron chi connectivity index (χ0n) is 8.31. The Morgan fingerprint density at radius 3 is 2.80 bits per heavy atom. The fourth-order valence-corrected chi connectivity index (χ4v) is 1.50. The minimum atomic E-state index is -0.651. The maximum absolute atomic E-state index is 9.43. The Bertz CT molecular complexity index is 541. The van der Waals surface area contributed by atoms with Crippen molar-refractivity contribution in [2.45, 2.75) is 13.0 Å². The van der Waals surface area contributed by atoms with Gasteiger partial charge in [0.15, 0.2) is 0 Å². The lowest BCUT2D eigenvalue weighted by Crippen LogP contribution is -1.97. The lowest BCUT2D eigenvalue weighted by molar-refractivity contribution is 0.194. The van der Waals surface area contributed by atoms with Gasteiger partial charge in [-0.3, -0.25) is 0 Å². The van der Waals surface area contributed by atoms with Gasteiger partial charge in [-0.1, -0.05) is 18.2 Å². The quantitative estimate of drug-likeness (QED) is 0.763. The highest BCUT2D eigenvalue weighted by molar-refractivity contribution is 5.84. The minimum absolute atomic E-state index is 0.533. The number of benzene rings is 1. The molecule has 1 unspecified atom stereocenters. The number of pyridine rings is 1. The van der Waals surface area contributed by atoms with E-state index in [-0.39, 0.29) is 0 Å². The van der Waals surface area contributed by atoms with Gasteiger partial charge in [0.2, 0.25) is 0 Å². The molecule has 0 aliphatic rings. The van der Waals surface area contributed by atoms with Crippen molar-refractivity contribution in [2.24, 2.45) is 0 Å². The molecule has 0 bridgehead atoms. The van der Waals surface area contributed by atoms with Crippen LogP contribution < -0.4 is 0 Å². The number of fused-ring (bicyclic) bond motifs is 1. The Morgan fingerprint density at radius 1 is 1.40 bits per heavy atom. The number of nitriles is 1. The van der Waals surface area contributed by atoms with E-state index in [1.807, 2.05) is 24.3 Å². The molecule has 3 heteroatoms. The summed E-state index contributed by atoms with van der Waals surface area (Å²) in [6, 6.07) is 11.2. The summed E-state index contributed by atoms with van der Waals surface area (Å²) in [5.74, 6) is 0. The largest absolute Gasteiger partial charge is 0.387 e. The van der Waals surface area contributed by atoms with E-state index in [9.17, 15) is 5.11 Å². The second-order valence-corrected chi connectivity index (χ2v) is 3.40. The Kier molecular flexibility index (Phi) is 2.36. The smallest absolute Gasteiger partial charge is 0.0999 e. The standard InChI is InChI=1S/C12H10N2O/c1-8(15)12-6-9(7-13)10-4-2-3-5-11(10)14-12/h2-6,8,15H,1H3. The normalized spacial score (nSPS) is 12.3. The number of nitrogens with zero attached hydrogens (tertiary/aromatic N) is 2. The van der Waals surface area contributed by atoms with Crippen molar-refractivity contribution in [1.82, 2.24) is 4.98 Å². The van der Waals surface area contributed by atoms with Gasteiger partial charge in [-0.2, -0.15) is 5.26 Å². The van der Waals surface area contributed by atoms with E-state index in [2.05, 4.69) is 11.1 Å². The van der Waals surface area contributed by atoms with Crippen molar-refractivity contribution < 1.29 is 5.11 Å². The molecule has 1 aromatic carbocycles. The van der Waals surface area contributed by atoms with Crippen LogP contribution in [0.15, 0.2) is 30.3 Å². The SMILES string of the molecule is CC(O)c1cc(C#N)c2ccccc2n1. The summed E-state index contributed by atoms with van der Waals surface area (Å²) >= 11 is 0. The molecule has 2 aromatic rings. The average Bonchev–Trinajstić information content (AvgIpc) is 2.27. The van der Waals surface area contributed by atoms with E-state index < -0.39 is 6.10 Å². The van der Waals surface area contributed by atoms with E-state index in [1.165, 1.54) is 0 Å². The fraction of sp³-hybridized carbons (Fsp3) is 0.167. The van der Waals surface area contributed by atoms with Gasteiger partial charge >= 0.3 is 0 Å². The molecule has 1 N–H and O–H groups in total. The average molecular weight is 198 g/mol. The van der Waals surface area contributed by atoms with Crippen LogP contribution in [0.2, 0.25) is 0 Å². The molecular weight excluding hydrogens is 188 g/mol. The van der Waals surface area contributed by atoms with Crippen molar-refractivity contribution in [1.29, 1.82) is 5.26 Å². The fourth-order valence-electron chi connectivity index (χ4n) is 1.50. The number of aromatic nitrogens is 1. The molecule has 15 heavy (non-hydrogen) atoms. The molecule has 2 rings (SSSR count). The maximum Gasteiger partial charge on any atom is 0.0999 e. The zero-order valence-corrected chi connectivity index (χ0v) is 8.31. The van der Waals surface area contributed by atoms with Crippen LogP contribution in [0.5, 0.6) is 0 Å². The first-order valence-corrected chi connectivity index (χ1v) is 4.70. The lowest BCUT2D eigenvalue weighted by atomic mass is 10.1. The van der Waals surface area contributed by atoms with Gasteiger partial charge in [0.1, 0.15) is 0 Å². The number of rotatable bonds is 1. The number of para-hydroxylation sites is 1. The summed E-state index contributed by atoms with van der Waals surface area (Å²) in [4.78, 5) is 4.28. The molecule has 0 amide bonds. The van der Waals surface area contributed by atoms with E-state index in [4.69, 9.17) is 5.26 Å². The molecule has 0 spiro atoms. The summed E-state index contributed by atoms with van der Waals surface area (Å²) in [6.07, 6.45) is -0.651. The summed E-state index contributed by atoms with van der Waals surface area (Å²) in [7, 11) is 0. The van der Waals surface area contributed by atoms with Crippen LogP contribution in [-0.4, -0.2) is 10.1 Å². The molecule has 1 atom stereocenters. The molecule has 3 nitrogen and oxygen atoms in total. The number of hydrogen-bond donors (Lipinski definition) is 1. The van der Waals surface area contributed by atoms with Gasteiger partial charge in [-0.25, -0.2) is 4.98 Å². The highest BCUT2D eigenvalue weighted by Gasteiger charge is 2.08. The predicted octanol–water partition coefficient (Wildman–Crippen LogP) is 2.16. The van der Waals surface area contributed by atoms with Crippen LogP contribution in [0.25, 0.3) is 10.9 Å². The van der Waals surface area contributed by atoms with Gasteiger partial charge in [-0.05, 0) is 19.1 Å². The number of aliphatic hydroxyl groups excluding tert-OH is 1. The summed E-state index contributed by atoms with van der Waals surface area (Å²) in [5, 5.41) is 19.2. The van der Waals surface area contributed by atoms with Crippen molar-refractivity contribution in [3.63, 3.8) is 0 Å². The first-order valence-electron chi connectivity index (χ1n) is 4.70. The van der Waals surface area contributed by atoms with Crippen LogP contribution in [0.1, 0.15) is 24.3 Å². The Morgan fingerprint density at radius 2 is 2.13 bits per heavy atom. The van der Waals surface area contributed by atoms with Crippen LogP contribution >= 0.6 is 0 Å². The topological polar surface area (TPSA) is 56.9 Å². The van der Waals surface area contributed by atoms with E-state index in [0.29, 0.717) is 11.3 Å². The molecule has 1 heterocycles. The summed E-state index contributed by atoms with van der Waals surface area (Å²) < 4.78 is 0. The molecule has 0 radical (unpaired) electrons. The molecule has 0 aliphatic heterocycles. The van der Waals surface area contributed by atoms with Crippen molar-refractivity contribution in [3.05, 3.63) is 41.6 Å². The highest BCUT2D eigenvalue weighted by Crippen LogP contribution is 2.20. The zero-order chi connectivity index (χ0) is 10.8. The van der Waals surface area contributed by atoms with Crippen molar-refractivity contribution >= 4 is 10.9 Å². The molecule has 0 fully saturated rings. The van der Waals surface area contributed by atoms with Gasteiger partial charge in [0.05, 0.1) is 28.9 Å². The molecule has 1 aromatic heterocycles. The Labute approximate surface area is 87.6 Å². The molecular formula is C12H10N2O. The first kappa shape index (κ1) is 9.63. The summed E-state index contributed by atoms with van der Waals surface area (Å²) in [5.41, 5.74) is 1.83. The molecule has 0 aliphatic carbocycles.